The molecule has 0 saturated carbocycles. The van der Waals surface area contributed by atoms with Crippen molar-refractivity contribution in [3.05, 3.63) is 71.8 Å². The summed E-state index contributed by atoms with van der Waals surface area (Å²) in [6.07, 6.45) is 0. The minimum Gasteiger partial charge on any atom is -0.333 e. The third-order valence-corrected chi connectivity index (χ3v) is 1.88. The standard InChI is InChI=1S/2C7H8.C2H7N.CH5N/c2*1-7-5-3-2-4-6-7;1-3-2;1-2/h2*2-6H,1H3;3H,1-2H3;2H2,1H3. The van der Waals surface area contributed by atoms with Gasteiger partial charge in [-0.25, -0.2) is 0 Å². The predicted octanol–water partition coefficient (Wildman–Crippen LogP) is 3.40. The number of hydrogen-bond donors (Lipinski definition) is 2. The molecule has 0 spiro atoms. The first-order valence-electron chi connectivity index (χ1n) is 6.40. The van der Waals surface area contributed by atoms with Gasteiger partial charge in [0.1, 0.15) is 0 Å². The number of nitrogens with two attached hydrogens (primary N) is 1. The third-order valence-electron chi connectivity index (χ3n) is 1.88. The van der Waals surface area contributed by atoms with Crippen molar-refractivity contribution >= 4 is 0 Å². The largest absolute Gasteiger partial charge is 0.333 e. The Morgan fingerprint density at radius 1 is 0.632 bits per heavy atom. The molecule has 106 valence electrons. The summed E-state index contributed by atoms with van der Waals surface area (Å²) in [5.74, 6) is 0. The molecule has 0 unspecified atom stereocenters. The van der Waals surface area contributed by atoms with Crippen LogP contribution in [0.1, 0.15) is 11.1 Å². The molecule has 0 fully saturated rings. The molecule has 0 amide bonds. The summed E-state index contributed by atoms with van der Waals surface area (Å²) in [5, 5.41) is 2.75. The number of benzene rings is 2. The van der Waals surface area contributed by atoms with Gasteiger partial charge in [-0.3, -0.25) is 0 Å². The number of nitrogens with one attached hydrogen (secondary N) is 1. The van der Waals surface area contributed by atoms with Gasteiger partial charge in [0.15, 0.2) is 0 Å². The van der Waals surface area contributed by atoms with Crippen molar-refractivity contribution in [3.8, 4) is 0 Å². The van der Waals surface area contributed by atoms with Crippen LogP contribution in [0.5, 0.6) is 0 Å². The van der Waals surface area contributed by atoms with Gasteiger partial charge in [-0.1, -0.05) is 71.8 Å². The highest BCUT2D eigenvalue weighted by atomic mass is 14.7. The van der Waals surface area contributed by atoms with Crippen molar-refractivity contribution in [2.24, 2.45) is 5.73 Å². The molecular formula is C17H28N2. The summed E-state index contributed by atoms with van der Waals surface area (Å²) in [6.45, 7) is 4.17. The first kappa shape index (κ1) is 19.7. The number of aryl methyl sites for hydroxylation is 2. The minimum atomic E-state index is 1.32. The Morgan fingerprint density at radius 3 is 0.947 bits per heavy atom. The summed E-state index contributed by atoms with van der Waals surface area (Å²) in [4.78, 5) is 0. The lowest BCUT2D eigenvalue weighted by Gasteiger charge is -1.82. The zero-order valence-corrected chi connectivity index (χ0v) is 12.9. The summed E-state index contributed by atoms with van der Waals surface area (Å²) in [7, 11) is 5.25. The van der Waals surface area contributed by atoms with Gasteiger partial charge < -0.3 is 11.1 Å². The van der Waals surface area contributed by atoms with Crippen LogP contribution in [-0.4, -0.2) is 21.1 Å². The Hall–Kier alpha value is -1.64. The Morgan fingerprint density at radius 2 is 0.842 bits per heavy atom. The van der Waals surface area contributed by atoms with E-state index in [1.807, 2.05) is 50.5 Å². The van der Waals surface area contributed by atoms with Crippen molar-refractivity contribution < 1.29 is 0 Å². The molecule has 2 rings (SSSR count). The topological polar surface area (TPSA) is 38.0 Å². The Kier molecular flexibility index (Phi) is 17.0. The van der Waals surface area contributed by atoms with E-state index in [2.05, 4.69) is 49.2 Å². The normalized spacial score (nSPS) is 7.68. The molecule has 0 atom stereocenters. The smallest absolute Gasteiger partial charge is 0.0167 e. The van der Waals surface area contributed by atoms with Crippen LogP contribution in [0.25, 0.3) is 0 Å². The number of rotatable bonds is 0. The van der Waals surface area contributed by atoms with Crippen LogP contribution in [-0.2, 0) is 0 Å². The Bertz CT molecular complexity index is 320. The van der Waals surface area contributed by atoms with Crippen LogP contribution in [0, 0.1) is 13.8 Å². The first-order valence-corrected chi connectivity index (χ1v) is 6.40. The molecule has 3 N–H and O–H groups in total. The van der Waals surface area contributed by atoms with Crippen molar-refractivity contribution in [2.45, 2.75) is 13.8 Å². The van der Waals surface area contributed by atoms with Crippen molar-refractivity contribution in [3.63, 3.8) is 0 Å². The van der Waals surface area contributed by atoms with Gasteiger partial charge in [0.05, 0.1) is 0 Å². The van der Waals surface area contributed by atoms with Crippen molar-refractivity contribution in [1.29, 1.82) is 0 Å². The van der Waals surface area contributed by atoms with E-state index in [9.17, 15) is 0 Å². The van der Waals surface area contributed by atoms with Gasteiger partial charge in [-0.15, -0.1) is 0 Å². The van der Waals surface area contributed by atoms with E-state index in [1.54, 1.807) is 0 Å². The monoisotopic (exact) mass is 260 g/mol. The lowest BCUT2D eigenvalue weighted by atomic mass is 10.2. The van der Waals surface area contributed by atoms with Crippen LogP contribution in [0.3, 0.4) is 0 Å². The molecule has 0 heterocycles. The Labute approximate surface area is 118 Å². The molecule has 0 saturated heterocycles. The average Bonchev–Trinajstić information content (AvgIpc) is 2.44. The maximum absolute atomic E-state index is 4.50. The highest BCUT2D eigenvalue weighted by Gasteiger charge is 1.72. The molecule has 0 bridgehead atoms. The molecule has 2 aromatic carbocycles. The van der Waals surface area contributed by atoms with Crippen LogP contribution in [0.15, 0.2) is 60.7 Å². The quantitative estimate of drug-likeness (QED) is 0.762. The van der Waals surface area contributed by atoms with Gasteiger partial charge in [-0.2, -0.15) is 0 Å². The van der Waals surface area contributed by atoms with E-state index in [0.29, 0.717) is 0 Å². The molecular weight excluding hydrogens is 232 g/mol. The fourth-order valence-corrected chi connectivity index (χ4v) is 1.07. The van der Waals surface area contributed by atoms with Gasteiger partial charge in [-0.05, 0) is 35.0 Å². The molecule has 2 nitrogen and oxygen atoms in total. The van der Waals surface area contributed by atoms with E-state index < -0.39 is 0 Å². The average molecular weight is 260 g/mol. The van der Waals surface area contributed by atoms with Gasteiger partial charge in [0.25, 0.3) is 0 Å². The summed E-state index contributed by atoms with van der Waals surface area (Å²) in [6, 6.07) is 20.5. The second kappa shape index (κ2) is 16.4. The molecule has 2 aromatic rings. The lowest BCUT2D eigenvalue weighted by Crippen LogP contribution is -1.89. The zero-order valence-electron chi connectivity index (χ0n) is 12.9. The molecule has 0 aliphatic heterocycles. The second-order valence-corrected chi connectivity index (χ2v) is 3.81. The van der Waals surface area contributed by atoms with Gasteiger partial charge in [0, 0.05) is 0 Å². The van der Waals surface area contributed by atoms with Crippen LogP contribution in [0.4, 0.5) is 0 Å². The van der Waals surface area contributed by atoms with Crippen LogP contribution < -0.4 is 11.1 Å². The third kappa shape index (κ3) is 16.4. The molecule has 0 aliphatic rings. The second-order valence-electron chi connectivity index (χ2n) is 3.81. The minimum absolute atomic E-state index is 1.32. The van der Waals surface area contributed by atoms with E-state index in [-0.39, 0.29) is 0 Å². The predicted molar refractivity (Wildman–Crippen MR) is 87.5 cm³/mol. The number of hydrogen-bond acceptors (Lipinski definition) is 2. The van der Waals surface area contributed by atoms with Crippen molar-refractivity contribution in [2.75, 3.05) is 21.1 Å². The van der Waals surface area contributed by atoms with Crippen molar-refractivity contribution in [1.82, 2.24) is 5.32 Å². The van der Waals surface area contributed by atoms with Crippen LogP contribution in [0.2, 0.25) is 0 Å². The lowest BCUT2D eigenvalue weighted by molar-refractivity contribution is 1.02. The van der Waals surface area contributed by atoms with Gasteiger partial charge >= 0.3 is 0 Å². The molecule has 19 heavy (non-hydrogen) atoms. The maximum atomic E-state index is 4.50. The Balaban J connectivity index is 0. The first-order chi connectivity index (χ1) is 9.20. The van der Waals surface area contributed by atoms with Crippen LogP contribution >= 0.6 is 0 Å². The van der Waals surface area contributed by atoms with E-state index in [0.717, 1.165) is 0 Å². The SMILES string of the molecule is CN.CNC.Cc1ccccc1.Cc1ccccc1. The van der Waals surface area contributed by atoms with E-state index >= 15 is 0 Å². The molecule has 0 radical (unpaired) electrons. The highest BCUT2D eigenvalue weighted by molar-refractivity contribution is 5.12. The summed E-state index contributed by atoms with van der Waals surface area (Å²) >= 11 is 0. The molecule has 0 aliphatic carbocycles. The van der Waals surface area contributed by atoms with Gasteiger partial charge in [0.2, 0.25) is 0 Å². The summed E-state index contributed by atoms with van der Waals surface area (Å²) < 4.78 is 0. The summed E-state index contributed by atoms with van der Waals surface area (Å²) in [5.41, 5.74) is 7.14. The van der Waals surface area contributed by atoms with E-state index in [1.165, 1.54) is 18.2 Å². The fourth-order valence-electron chi connectivity index (χ4n) is 1.07. The molecule has 0 aromatic heterocycles. The van der Waals surface area contributed by atoms with E-state index in [4.69, 9.17) is 0 Å². The maximum Gasteiger partial charge on any atom is -0.0167 e. The fraction of sp³-hybridized carbons (Fsp3) is 0.294. The zero-order chi connectivity index (χ0) is 14.9. The molecule has 2 heteroatoms. The highest BCUT2D eigenvalue weighted by Crippen LogP contribution is 1.92.